The van der Waals surface area contributed by atoms with Crippen molar-refractivity contribution in [3.05, 3.63) is 108 Å². The molecule has 0 unspecified atom stereocenters. The number of benzene rings is 3. The zero-order valence-electron chi connectivity index (χ0n) is 23.9. The van der Waals surface area contributed by atoms with Gasteiger partial charge >= 0.3 is 0 Å². The Bertz CT molecular complexity index is 1310. The average molecular weight is 557 g/mol. The molecule has 41 heavy (non-hydrogen) atoms. The summed E-state index contributed by atoms with van der Waals surface area (Å²) in [5.41, 5.74) is 5.80. The summed E-state index contributed by atoms with van der Waals surface area (Å²) in [7, 11) is 1.71. The first-order valence-electron chi connectivity index (χ1n) is 14.3. The molecule has 0 aliphatic carbocycles. The number of anilines is 1. The van der Waals surface area contributed by atoms with Crippen LogP contribution in [0.15, 0.2) is 91.5 Å². The Balaban J connectivity index is 1.19. The van der Waals surface area contributed by atoms with E-state index in [1.807, 2.05) is 29.2 Å². The smallest absolute Gasteiger partial charge is 0.119 e. The molecule has 3 aromatic carbocycles. The van der Waals surface area contributed by atoms with E-state index in [2.05, 4.69) is 75.4 Å². The second kappa shape index (κ2) is 15.3. The van der Waals surface area contributed by atoms with Crippen molar-refractivity contribution >= 4 is 5.69 Å². The predicted octanol–water partition coefficient (Wildman–Crippen LogP) is 4.95. The largest absolute Gasteiger partial charge is 0.497 e. The van der Waals surface area contributed by atoms with Crippen molar-refractivity contribution in [3.8, 4) is 11.4 Å². The van der Waals surface area contributed by atoms with E-state index < -0.39 is 0 Å². The SMILES string of the molecule is COc1cccc(CN(Cc2ccc(-n3ccnc3)cc2)c2cccc(COCCOCCN3CCOCC3)c2)c1. The van der Waals surface area contributed by atoms with Crippen LogP contribution in [0.4, 0.5) is 5.69 Å². The van der Waals surface area contributed by atoms with Crippen LogP contribution in [0, 0.1) is 0 Å². The lowest BCUT2D eigenvalue weighted by molar-refractivity contribution is 0.00585. The van der Waals surface area contributed by atoms with Crippen molar-refractivity contribution in [1.82, 2.24) is 14.5 Å². The van der Waals surface area contributed by atoms with E-state index in [0.717, 1.165) is 75.2 Å². The van der Waals surface area contributed by atoms with E-state index in [4.69, 9.17) is 18.9 Å². The second-order valence-corrected chi connectivity index (χ2v) is 10.1. The van der Waals surface area contributed by atoms with Gasteiger partial charge in [-0.2, -0.15) is 0 Å². The minimum absolute atomic E-state index is 0.549. The lowest BCUT2D eigenvalue weighted by atomic mass is 10.1. The molecule has 1 aromatic heterocycles. The first-order chi connectivity index (χ1) is 20.3. The van der Waals surface area contributed by atoms with Crippen LogP contribution in [0.2, 0.25) is 0 Å². The molecule has 0 spiro atoms. The third-order valence-corrected chi connectivity index (χ3v) is 7.19. The molecule has 8 heteroatoms. The fourth-order valence-corrected chi connectivity index (χ4v) is 4.91. The summed E-state index contributed by atoms with van der Waals surface area (Å²) in [6.07, 6.45) is 5.56. The third kappa shape index (κ3) is 8.90. The highest BCUT2D eigenvalue weighted by atomic mass is 16.5. The molecule has 1 aliphatic heterocycles. The highest BCUT2D eigenvalue weighted by Crippen LogP contribution is 2.24. The first kappa shape index (κ1) is 28.8. The van der Waals surface area contributed by atoms with Gasteiger partial charge in [-0.05, 0) is 53.1 Å². The van der Waals surface area contributed by atoms with Crippen LogP contribution in [0.3, 0.4) is 0 Å². The Hall–Kier alpha value is -3.69. The van der Waals surface area contributed by atoms with Gasteiger partial charge < -0.3 is 28.4 Å². The molecule has 2 heterocycles. The maximum Gasteiger partial charge on any atom is 0.119 e. The summed E-state index contributed by atoms with van der Waals surface area (Å²) >= 11 is 0. The number of methoxy groups -OCH3 is 1. The summed E-state index contributed by atoms with van der Waals surface area (Å²) in [6, 6.07) is 25.5. The molecule has 1 saturated heterocycles. The number of hydrogen-bond donors (Lipinski definition) is 0. The highest BCUT2D eigenvalue weighted by Gasteiger charge is 2.12. The van der Waals surface area contributed by atoms with E-state index >= 15 is 0 Å². The van der Waals surface area contributed by atoms with Crippen LogP contribution in [0.5, 0.6) is 5.75 Å². The van der Waals surface area contributed by atoms with Crippen LogP contribution < -0.4 is 9.64 Å². The Morgan fingerprint density at radius 1 is 0.829 bits per heavy atom. The average Bonchev–Trinajstić information content (AvgIpc) is 3.57. The van der Waals surface area contributed by atoms with Gasteiger partial charge in [0.25, 0.3) is 0 Å². The zero-order valence-corrected chi connectivity index (χ0v) is 23.9. The fraction of sp³-hybridized carbons (Fsp3) is 0.364. The molecule has 0 amide bonds. The van der Waals surface area contributed by atoms with Gasteiger partial charge in [-0.25, -0.2) is 4.98 Å². The predicted molar refractivity (Wildman–Crippen MR) is 161 cm³/mol. The fourth-order valence-electron chi connectivity index (χ4n) is 4.91. The standard InChI is InChI=1S/C33H40N4O4/c1-38-33-7-3-4-29(23-33)25-37(24-28-8-10-31(11-9-28)36-13-12-34-27-36)32-6-2-5-30(22-32)26-41-21-20-40-19-16-35-14-17-39-18-15-35/h2-13,22-23,27H,14-21,24-26H2,1H3. The molecule has 0 bridgehead atoms. The quantitative estimate of drug-likeness (QED) is 0.192. The van der Waals surface area contributed by atoms with Crippen LogP contribution >= 0.6 is 0 Å². The maximum atomic E-state index is 5.96. The molecule has 0 atom stereocenters. The van der Waals surface area contributed by atoms with Gasteiger partial charge in [0.15, 0.2) is 0 Å². The van der Waals surface area contributed by atoms with E-state index in [1.54, 1.807) is 13.3 Å². The second-order valence-electron chi connectivity index (χ2n) is 10.1. The van der Waals surface area contributed by atoms with Gasteiger partial charge in [0, 0.05) is 56.5 Å². The van der Waals surface area contributed by atoms with Gasteiger partial charge in [-0.1, -0.05) is 36.4 Å². The van der Waals surface area contributed by atoms with Crippen LogP contribution in [-0.2, 0) is 33.9 Å². The molecule has 5 rings (SSSR count). The number of imidazole rings is 1. The number of nitrogens with zero attached hydrogens (tertiary/aromatic N) is 4. The molecular formula is C33H40N4O4. The van der Waals surface area contributed by atoms with Crippen LogP contribution in [-0.4, -0.2) is 74.2 Å². The summed E-state index contributed by atoms with van der Waals surface area (Å²) in [5, 5.41) is 0. The van der Waals surface area contributed by atoms with Crippen molar-refractivity contribution < 1.29 is 18.9 Å². The Labute approximate surface area is 243 Å². The van der Waals surface area contributed by atoms with E-state index in [-0.39, 0.29) is 0 Å². The number of aromatic nitrogens is 2. The van der Waals surface area contributed by atoms with Crippen molar-refractivity contribution in [2.75, 3.05) is 64.7 Å². The highest BCUT2D eigenvalue weighted by molar-refractivity contribution is 5.50. The summed E-state index contributed by atoms with van der Waals surface area (Å²) < 4.78 is 24.6. The molecule has 8 nitrogen and oxygen atoms in total. The first-order valence-corrected chi connectivity index (χ1v) is 14.3. The topological polar surface area (TPSA) is 61.2 Å². The monoisotopic (exact) mass is 556 g/mol. The van der Waals surface area contributed by atoms with Gasteiger partial charge in [-0.15, -0.1) is 0 Å². The third-order valence-electron chi connectivity index (χ3n) is 7.19. The van der Waals surface area contributed by atoms with Crippen molar-refractivity contribution in [3.63, 3.8) is 0 Å². The minimum Gasteiger partial charge on any atom is -0.497 e. The minimum atomic E-state index is 0.549. The molecular weight excluding hydrogens is 516 g/mol. The van der Waals surface area contributed by atoms with Gasteiger partial charge in [0.2, 0.25) is 0 Å². The zero-order chi connectivity index (χ0) is 28.1. The molecule has 1 fully saturated rings. The van der Waals surface area contributed by atoms with E-state index in [9.17, 15) is 0 Å². The van der Waals surface area contributed by atoms with Crippen molar-refractivity contribution in [2.45, 2.75) is 19.7 Å². The summed E-state index contributed by atoms with van der Waals surface area (Å²) in [6.45, 7) is 8.52. The number of hydrogen-bond acceptors (Lipinski definition) is 7. The molecule has 0 radical (unpaired) electrons. The lowest BCUT2D eigenvalue weighted by Crippen LogP contribution is -2.38. The van der Waals surface area contributed by atoms with Crippen LogP contribution in [0.25, 0.3) is 5.69 Å². The number of morpholine rings is 1. The normalized spacial score (nSPS) is 13.8. The van der Waals surface area contributed by atoms with Gasteiger partial charge in [0.05, 0.1) is 53.1 Å². The van der Waals surface area contributed by atoms with Crippen molar-refractivity contribution in [1.29, 1.82) is 0 Å². The lowest BCUT2D eigenvalue weighted by Gasteiger charge is -2.26. The molecule has 1 aliphatic rings. The molecule has 0 N–H and O–H groups in total. The molecule has 4 aromatic rings. The Kier molecular flexibility index (Phi) is 10.8. The molecule has 216 valence electrons. The van der Waals surface area contributed by atoms with Gasteiger partial charge in [0.1, 0.15) is 5.75 Å². The Morgan fingerprint density at radius 2 is 1.61 bits per heavy atom. The Morgan fingerprint density at radius 3 is 2.41 bits per heavy atom. The van der Waals surface area contributed by atoms with Crippen LogP contribution in [0.1, 0.15) is 16.7 Å². The van der Waals surface area contributed by atoms with E-state index in [1.165, 1.54) is 11.1 Å². The number of rotatable bonds is 15. The maximum absolute atomic E-state index is 5.96. The van der Waals surface area contributed by atoms with Crippen molar-refractivity contribution in [2.24, 2.45) is 0 Å². The number of ether oxygens (including phenoxy) is 4. The van der Waals surface area contributed by atoms with E-state index in [0.29, 0.717) is 19.8 Å². The summed E-state index contributed by atoms with van der Waals surface area (Å²) in [5.74, 6) is 0.862. The summed E-state index contributed by atoms with van der Waals surface area (Å²) in [4.78, 5) is 8.92. The molecule has 0 saturated carbocycles. The van der Waals surface area contributed by atoms with Gasteiger partial charge in [-0.3, -0.25) is 4.90 Å².